The molecule has 0 saturated carbocycles. The van der Waals surface area contributed by atoms with Gasteiger partial charge in [0.2, 0.25) is 0 Å². The Hall–Kier alpha value is -1.82. The van der Waals surface area contributed by atoms with Crippen molar-refractivity contribution in [2.45, 2.75) is 33.2 Å². The minimum absolute atomic E-state index is 0.209. The number of fused-ring (bicyclic) bond motifs is 1. The van der Waals surface area contributed by atoms with Crippen molar-refractivity contribution in [2.24, 2.45) is 5.41 Å². The first-order chi connectivity index (χ1) is 8.52. The zero-order chi connectivity index (χ0) is 13.2. The van der Waals surface area contributed by atoms with Crippen LogP contribution in [0.15, 0.2) is 30.5 Å². The first-order valence-electron chi connectivity index (χ1n) is 6.17. The Morgan fingerprint density at radius 3 is 2.83 bits per heavy atom. The number of benzene rings is 1. The van der Waals surface area contributed by atoms with Crippen molar-refractivity contribution in [3.05, 3.63) is 36.3 Å². The molecule has 0 saturated heterocycles. The Bertz CT molecular complexity index is 590. The van der Waals surface area contributed by atoms with E-state index in [1.807, 2.05) is 30.7 Å². The number of aromatic nitrogens is 1. The maximum atomic E-state index is 13.2. The van der Waals surface area contributed by atoms with Crippen molar-refractivity contribution in [1.82, 2.24) is 4.57 Å². The van der Waals surface area contributed by atoms with Crippen LogP contribution in [0, 0.1) is 22.6 Å². The summed E-state index contributed by atoms with van der Waals surface area (Å²) >= 11 is 0. The first kappa shape index (κ1) is 12.6. The molecule has 18 heavy (non-hydrogen) atoms. The second kappa shape index (κ2) is 4.81. The third-order valence-corrected chi connectivity index (χ3v) is 3.24. The van der Waals surface area contributed by atoms with Crippen molar-refractivity contribution >= 4 is 10.9 Å². The third-order valence-electron chi connectivity index (χ3n) is 3.24. The number of rotatable bonds is 4. The van der Waals surface area contributed by atoms with Crippen molar-refractivity contribution in [1.29, 1.82) is 5.26 Å². The molecule has 0 spiro atoms. The summed E-state index contributed by atoms with van der Waals surface area (Å²) in [5, 5.41) is 10.0. The topological polar surface area (TPSA) is 28.7 Å². The van der Waals surface area contributed by atoms with Gasteiger partial charge in [-0.2, -0.15) is 5.26 Å². The fourth-order valence-electron chi connectivity index (χ4n) is 2.10. The molecule has 0 bridgehead atoms. The van der Waals surface area contributed by atoms with Gasteiger partial charge >= 0.3 is 0 Å². The Balaban J connectivity index is 2.09. The van der Waals surface area contributed by atoms with Crippen molar-refractivity contribution in [3.63, 3.8) is 0 Å². The number of nitrogens with zero attached hydrogens (tertiary/aromatic N) is 2. The van der Waals surface area contributed by atoms with Gasteiger partial charge in [0.25, 0.3) is 0 Å². The lowest BCUT2D eigenvalue weighted by Crippen LogP contribution is -2.09. The van der Waals surface area contributed by atoms with Crippen LogP contribution < -0.4 is 0 Å². The van der Waals surface area contributed by atoms with E-state index in [2.05, 4.69) is 6.07 Å². The predicted molar refractivity (Wildman–Crippen MR) is 70.5 cm³/mol. The predicted octanol–water partition coefficient (Wildman–Crippen LogP) is 4.11. The highest BCUT2D eigenvalue weighted by Gasteiger charge is 2.15. The van der Waals surface area contributed by atoms with Crippen LogP contribution in [-0.4, -0.2) is 4.57 Å². The van der Waals surface area contributed by atoms with E-state index in [1.165, 1.54) is 6.07 Å². The molecule has 1 aromatic carbocycles. The molecule has 2 nitrogen and oxygen atoms in total. The summed E-state index contributed by atoms with van der Waals surface area (Å²) in [5.41, 5.74) is 0.638. The standard InChI is InChI=1S/C15H17FN2/c1-15(2,11-17)7-3-8-18-9-6-12-4-5-13(16)10-14(12)18/h4-6,9-10H,3,7-8H2,1-2H3. The second-order valence-corrected chi connectivity index (χ2v) is 5.31. The lowest BCUT2D eigenvalue weighted by Gasteiger charge is -2.15. The molecule has 0 fully saturated rings. The first-order valence-corrected chi connectivity index (χ1v) is 6.17. The highest BCUT2D eigenvalue weighted by Crippen LogP contribution is 2.23. The van der Waals surface area contributed by atoms with Crippen LogP contribution in [0.5, 0.6) is 0 Å². The Morgan fingerprint density at radius 1 is 1.33 bits per heavy atom. The van der Waals surface area contributed by atoms with E-state index >= 15 is 0 Å². The Labute approximate surface area is 107 Å². The SMILES string of the molecule is CC(C)(C#N)CCCn1ccc2ccc(F)cc21. The lowest BCUT2D eigenvalue weighted by molar-refractivity contribution is 0.418. The number of halogens is 1. The molecular weight excluding hydrogens is 227 g/mol. The molecule has 1 heterocycles. The van der Waals surface area contributed by atoms with Crippen molar-refractivity contribution in [2.75, 3.05) is 0 Å². The summed E-state index contributed by atoms with van der Waals surface area (Å²) in [6, 6.07) is 9.12. The zero-order valence-corrected chi connectivity index (χ0v) is 10.8. The number of aryl methyl sites for hydroxylation is 1. The summed E-state index contributed by atoms with van der Waals surface area (Å²) in [7, 11) is 0. The van der Waals surface area contributed by atoms with Crippen LogP contribution >= 0.6 is 0 Å². The summed E-state index contributed by atoms with van der Waals surface area (Å²) in [5.74, 6) is -0.209. The molecule has 0 radical (unpaired) electrons. The van der Waals surface area contributed by atoms with E-state index < -0.39 is 0 Å². The molecule has 2 rings (SSSR count). The average molecular weight is 244 g/mol. The van der Waals surface area contributed by atoms with Crippen LogP contribution in [-0.2, 0) is 6.54 Å². The van der Waals surface area contributed by atoms with Gasteiger partial charge in [0.15, 0.2) is 0 Å². The van der Waals surface area contributed by atoms with E-state index in [4.69, 9.17) is 5.26 Å². The van der Waals surface area contributed by atoms with E-state index in [0.29, 0.717) is 0 Å². The van der Waals surface area contributed by atoms with Gasteiger partial charge in [-0.1, -0.05) is 0 Å². The van der Waals surface area contributed by atoms with E-state index in [9.17, 15) is 4.39 Å². The van der Waals surface area contributed by atoms with E-state index in [0.717, 1.165) is 30.3 Å². The zero-order valence-electron chi connectivity index (χ0n) is 10.8. The fraction of sp³-hybridized carbons (Fsp3) is 0.400. The fourth-order valence-corrected chi connectivity index (χ4v) is 2.10. The van der Waals surface area contributed by atoms with Gasteiger partial charge < -0.3 is 4.57 Å². The van der Waals surface area contributed by atoms with E-state index in [-0.39, 0.29) is 11.2 Å². The van der Waals surface area contributed by atoms with Gasteiger partial charge in [0.05, 0.1) is 17.0 Å². The highest BCUT2D eigenvalue weighted by molar-refractivity contribution is 5.80. The molecule has 0 aliphatic carbocycles. The number of hydrogen-bond donors (Lipinski definition) is 0. The molecule has 2 aromatic rings. The Kier molecular flexibility index (Phi) is 3.38. The molecular formula is C15H17FN2. The quantitative estimate of drug-likeness (QED) is 0.795. The average Bonchev–Trinajstić information content (AvgIpc) is 2.72. The molecule has 0 amide bonds. The van der Waals surface area contributed by atoms with Crippen LogP contribution in [0.1, 0.15) is 26.7 Å². The molecule has 0 atom stereocenters. The molecule has 0 aliphatic rings. The maximum Gasteiger partial charge on any atom is 0.125 e. The molecule has 0 unspecified atom stereocenters. The molecule has 1 aromatic heterocycles. The minimum atomic E-state index is -0.284. The smallest absolute Gasteiger partial charge is 0.125 e. The largest absolute Gasteiger partial charge is 0.347 e. The van der Waals surface area contributed by atoms with Gasteiger partial charge in [-0.15, -0.1) is 0 Å². The van der Waals surface area contributed by atoms with E-state index in [1.54, 1.807) is 12.1 Å². The van der Waals surface area contributed by atoms with Gasteiger partial charge in [-0.3, -0.25) is 0 Å². The van der Waals surface area contributed by atoms with Crippen LogP contribution in [0.3, 0.4) is 0 Å². The third kappa shape index (κ3) is 2.70. The number of hydrogen-bond acceptors (Lipinski definition) is 1. The normalized spacial score (nSPS) is 11.7. The van der Waals surface area contributed by atoms with Crippen LogP contribution in [0.25, 0.3) is 10.9 Å². The summed E-state index contributed by atoms with van der Waals surface area (Å²) < 4.78 is 15.3. The summed E-state index contributed by atoms with van der Waals surface area (Å²) in [4.78, 5) is 0. The van der Waals surface area contributed by atoms with Gasteiger partial charge in [-0.05, 0) is 56.3 Å². The van der Waals surface area contributed by atoms with Crippen molar-refractivity contribution in [3.8, 4) is 6.07 Å². The molecule has 94 valence electrons. The lowest BCUT2D eigenvalue weighted by atomic mass is 9.90. The molecule has 3 heteroatoms. The van der Waals surface area contributed by atoms with Crippen molar-refractivity contribution < 1.29 is 4.39 Å². The maximum absolute atomic E-state index is 13.2. The minimum Gasteiger partial charge on any atom is -0.347 e. The van der Waals surface area contributed by atoms with Gasteiger partial charge in [0, 0.05) is 12.7 Å². The Morgan fingerprint density at radius 2 is 2.11 bits per heavy atom. The van der Waals surface area contributed by atoms with Crippen LogP contribution in [0.2, 0.25) is 0 Å². The number of nitriles is 1. The monoisotopic (exact) mass is 244 g/mol. The molecule has 0 aliphatic heterocycles. The second-order valence-electron chi connectivity index (χ2n) is 5.31. The van der Waals surface area contributed by atoms with Gasteiger partial charge in [0.1, 0.15) is 5.82 Å². The molecule has 0 N–H and O–H groups in total. The summed E-state index contributed by atoms with van der Waals surface area (Å²) in [6.45, 7) is 4.71. The summed E-state index contributed by atoms with van der Waals surface area (Å²) in [6.07, 6.45) is 3.74. The van der Waals surface area contributed by atoms with Crippen LogP contribution in [0.4, 0.5) is 4.39 Å². The van der Waals surface area contributed by atoms with Gasteiger partial charge in [-0.25, -0.2) is 4.39 Å². The highest BCUT2D eigenvalue weighted by atomic mass is 19.1.